The molecule has 0 radical (unpaired) electrons. The zero-order valence-electron chi connectivity index (χ0n) is 9.61. The number of aliphatic carboxylic acids is 1. The fourth-order valence-corrected chi connectivity index (χ4v) is 1.56. The second-order valence-corrected chi connectivity index (χ2v) is 4.57. The van der Waals surface area contributed by atoms with Crippen LogP contribution in [0.5, 0.6) is 0 Å². The van der Waals surface area contributed by atoms with E-state index < -0.39 is 17.8 Å². The van der Waals surface area contributed by atoms with Crippen molar-refractivity contribution in [2.75, 3.05) is 6.54 Å². The van der Waals surface area contributed by atoms with Crippen molar-refractivity contribution in [3.8, 4) is 0 Å². The molecule has 1 atom stereocenters. The number of carboxylic acid groups (broad SMARTS) is 1. The molecule has 1 aromatic heterocycles. The highest BCUT2D eigenvalue weighted by atomic mass is 35.5. The van der Waals surface area contributed by atoms with Gasteiger partial charge in [0.1, 0.15) is 5.15 Å². The van der Waals surface area contributed by atoms with Gasteiger partial charge in [0.2, 0.25) is 0 Å². The number of halogens is 2. The van der Waals surface area contributed by atoms with Gasteiger partial charge in [-0.05, 0) is 12.5 Å². The molecule has 0 fully saturated rings. The van der Waals surface area contributed by atoms with Crippen LogP contribution in [-0.4, -0.2) is 28.5 Å². The number of nitrogens with one attached hydrogen (secondary N) is 1. The van der Waals surface area contributed by atoms with Gasteiger partial charge in [0.25, 0.3) is 5.91 Å². The summed E-state index contributed by atoms with van der Waals surface area (Å²) in [5, 5.41) is 11.6. The van der Waals surface area contributed by atoms with Crippen LogP contribution in [0.25, 0.3) is 0 Å². The number of hydrogen-bond donors (Lipinski definition) is 2. The number of rotatable bonds is 5. The summed E-state index contributed by atoms with van der Waals surface area (Å²) >= 11 is 11.5. The summed E-state index contributed by atoms with van der Waals surface area (Å²) < 4.78 is 0. The Hall–Kier alpha value is -1.33. The first-order valence-electron chi connectivity index (χ1n) is 5.24. The number of nitrogens with zero attached hydrogens (tertiary/aromatic N) is 1. The molecule has 1 unspecified atom stereocenters. The lowest BCUT2D eigenvalue weighted by molar-refractivity contribution is -0.141. The molecule has 5 nitrogen and oxygen atoms in total. The standard InChI is InChI=1S/C11H12Cl2N2O3/c1-6(11(17)18)2-3-14-10(16)7-4-9(13)15-5-8(7)12/h4-6H,2-3H2,1H3,(H,14,16)(H,17,18). The molecule has 18 heavy (non-hydrogen) atoms. The first kappa shape index (κ1) is 14.7. The van der Waals surface area contributed by atoms with Crippen LogP contribution in [0.4, 0.5) is 0 Å². The van der Waals surface area contributed by atoms with Crippen molar-refractivity contribution < 1.29 is 14.7 Å². The molecule has 0 saturated carbocycles. The quantitative estimate of drug-likeness (QED) is 0.815. The van der Waals surface area contributed by atoms with E-state index in [-0.39, 0.29) is 22.3 Å². The average Bonchev–Trinajstić information content (AvgIpc) is 2.31. The third-order valence-electron chi connectivity index (χ3n) is 2.35. The highest BCUT2D eigenvalue weighted by Crippen LogP contribution is 2.17. The van der Waals surface area contributed by atoms with Gasteiger partial charge in [0.15, 0.2) is 0 Å². The Balaban J connectivity index is 2.55. The number of pyridine rings is 1. The van der Waals surface area contributed by atoms with Gasteiger partial charge in [0.05, 0.1) is 16.5 Å². The number of amides is 1. The molecule has 0 aliphatic carbocycles. The third kappa shape index (κ3) is 4.16. The Bertz CT molecular complexity index is 466. The van der Waals surface area contributed by atoms with Crippen LogP contribution >= 0.6 is 23.2 Å². The maximum absolute atomic E-state index is 11.7. The maximum Gasteiger partial charge on any atom is 0.306 e. The predicted octanol–water partition coefficient (Wildman–Crippen LogP) is 2.23. The van der Waals surface area contributed by atoms with Gasteiger partial charge >= 0.3 is 5.97 Å². The number of hydrogen-bond acceptors (Lipinski definition) is 3. The molecule has 0 aromatic carbocycles. The van der Waals surface area contributed by atoms with Crippen LogP contribution in [0.15, 0.2) is 12.3 Å². The molecule has 1 aromatic rings. The minimum atomic E-state index is -0.894. The molecule has 2 N–H and O–H groups in total. The second-order valence-electron chi connectivity index (χ2n) is 3.77. The van der Waals surface area contributed by atoms with Crippen LogP contribution < -0.4 is 5.32 Å². The van der Waals surface area contributed by atoms with Gasteiger partial charge in [0, 0.05) is 12.7 Å². The number of aromatic nitrogens is 1. The molecule has 98 valence electrons. The lowest BCUT2D eigenvalue weighted by Crippen LogP contribution is -2.27. The lowest BCUT2D eigenvalue weighted by Gasteiger charge is -2.08. The zero-order valence-corrected chi connectivity index (χ0v) is 11.1. The Morgan fingerprint density at radius 2 is 2.17 bits per heavy atom. The summed E-state index contributed by atoms with van der Waals surface area (Å²) in [6, 6.07) is 1.36. The van der Waals surface area contributed by atoms with Crippen molar-refractivity contribution in [3.05, 3.63) is 28.0 Å². The number of carbonyl (C=O) groups is 2. The van der Waals surface area contributed by atoms with Crippen LogP contribution in [0.3, 0.4) is 0 Å². The SMILES string of the molecule is CC(CCNC(=O)c1cc(Cl)ncc1Cl)C(=O)O. The van der Waals surface area contributed by atoms with E-state index in [1.165, 1.54) is 12.3 Å². The zero-order chi connectivity index (χ0) is 13.7. The first-order valence-corrected chi connectivity index (χ1v) is 5.99. The molecular formula is C11H12Cl2N2O3. The molecule has 1 amide bonds. The fraction of sp³-hybridized carbons (Fsp3) is 0.364. The Kier molecular flexibility index (Phi) is 5.37. The minimum Gasteiger partial charge on any atom is -0.481 e. The highest BCUT2D eigenvalue weighted by molar-refractivity contribution is 6.35. The van der Waals surface area contributed by atoms with Gasteiger partial charge < -0.3 is 10.4 Å². The Morgan fingerprint density at radius 1 is 1.50 bits per heavy atom. The Morgan fingerprint density at radius 3 is 2.78 bits per heavy atom. The molecule has 0 aliphatic rings. The molecule has 1 rings (SSSR count). The van der Waals surface area contributed by atoms with E-state index in [1.54, 1.807) is 6.92 Å². The lowest BCUT2D eigenvalue weighted by atomic mass is 10.1. The summed E-state index contributed by atoms with van der Waals surface area (Å²) in [6.45, 7) is 1.83. The van der Waals surface area contributed by atoms with Crippen molar-refractivity contribution in [3.63, 3.8) is 0 Å². The van der Waals surface area contributed by atoms with Gasteiger partial charge in [-0.1, -0.05) is 30.1 Å². The van der Waals surface area contributed by atoms with E-state index >= 15 is 0 Å². The summed E-state index contributed by atoms with van der Waals surface area (Å²) in [7, 11) is 0. The fourth-order valence-electron chi connectivity index (χ4n) is 1.21. The first-order chi connectivity index (χ1) is 8.41. The number of carbonyl (C=O) groups excluding carboxylic acids is 1. The van der Waals surface area contributed by atoms with Crippen LogP contribution in [0, 0.1) is 5.92 Å². The highest BCUT2D eigenvalue weighted by Gasteiger charge is 2.14. The van der Waals surface area contributed by atoms with Gasteiger partial charge in [-0.15, -0.1) is 0 Å². The van der Waals surface area contributed by atoms with E-state index in [9.17, 15) is 9.59 Å². The van der Waals surface area contributed by atoms with Crippen LogP contribution in [0.2, 0.25) is 10.2 Å². The van der Waals surface area contributed by atoms with E-state index in [0.29, 0.717) is 6.42 Å². The average molecular weight is 291 g/mol. The molecule has 0 saturated heterocycles. The van der Waals surface area contributed by atoms with Crippen molar-refractivity contribution in [2.24, 2.45) is 5.92 Å². The van der Waals surface area contributed by atoms with Crippen molar-refractivity contribution in [1.29, 1.82) is 0 Å². The monoisotopic (exact) mass is 290 g/mol. The van der Waals surface area contributed by atoms with E-state index in [1.807, 2.05) is 0 Å². The largest absolute Gasteiger partial charge is 0.481 e. The minimum absolute atomic E-state index is 0.170. The summed E-state index contributed by atoms with van der Waals surface area (Å²) in [5.74, 6) is -1.81. The summed E-state index contributed by atoms with van der Waals surface area (Å²) in [4.78, 5) is 26.1. The van der Waals surface area contributed by atoms with Gasteiger partial charge in [-0.25, -0.2) is 4.98 Å². The molecular weight excluding hydrogens is 279 g/mol. The molecule has 1 heterocycles. The molecule has 0 bridgehead atoms. The van der Waals surface area contributed by atoms with Crippen LogP contribution in [0.1, 0.15) is 23.7 Å². The molecule has 7 heteroatoms. The van der Waals surface area contributed by atoms with Crippen molar-refractivity contribution >= 4 is 35.1 Å². The maximum atomic E-state index is 11.7. The van der Waals surface area contributed by atoms with E-state index in [0.717, 1.165) is 0 Å². The Labute approximate surface area is 114 Å². The summed E-state index contributed by atoms with van der Waals surface area (Å²) in [6.07, 6.45) is 1.64. The van der Waals surface area contributed by atoms with E-state index in [2.05, 4.69) is 10.3 Å². The molecule has 0 spiro atoms. The van der Waals surface area contributed by atoms with Crippen molar-refractivity contribution in [1.82, 2.24) is 10.3 Å². The van der Waals surface area contributed by atoms with Gasteiger partial charge in [-0.2, -0.15) is 0 Å². The van der Waals surface area contributed by atoms with E-state index in [4.69, 9.17) is 28.3 Å². The summed E-state index contributed by atoms with van der Waals surface area (Å²) in [5.41, 5.74) is 0.222. The normalized spacial score (nSPS) is 11.9. The predicted molar refractivity (Wildman–Crippen MR) is 68.0 cm³/mol. The topological polar surface area (TPSA) is 79.3 Å². The smallest absolute Gasteiger partial charge is 0.306 e. The second kappa shape index (κ2) is 6.56. The van der Waals surface area contributed by atoms with Crippen LogP contribution in [-0.2, 0) is 4.79 Å². The number of carboxylic acids is 1. The van der Waals surface area contributed by atoms with Gasteiger partial charge in [-0.3, -0.25) is 9.59 Å². The molecule has 0 aliphatic heterocycles. The third-order valence-corrected chi connectivity index (χ3v) is 2.86. The van der Waals surface area contributed by atoms with Crippen molar-refractivity contribution in [2.45, 2.75) is 13.3 Å².